The molecule has 2 aliphatic heterocycles. The first-order valence-electron chi connectivity index (χ1n) is 13.6. The molecule has 4 aromatic carbocycles. The number of ether oxygens (including phenoxy) is 2. The fraction of sp³-hybridized carbons (Fsp3) is 0.0286. The molecule has 0 radical (unpaired) electrons. The van der Waals surface area contributed by atoms with E-state index in [9.17, 15) is 0 Å². The molecule has 41 heavy (non-hydrogen) atoms. The van der Waals surface area contributed by atoms with E-state index in [0.717, 1.165) is 63.0 Å². The highest BCUT2D eigenvalue weighted by atomic mass is 16.5. The van der Waals surface area contributed by atoms with Gasteiger partial charge >= 0.3 is 0 Å². The van der Waals surface area contributed by atoms with Crippen LogP contribution in [0.2, 0.25) is 0 Å². The summed E-state index contributed by atoms with van der Waals surface area (Å²) in [6, 6.07) is 36.3. The fourth-order valence-corrected chi connectivity index (χ4v) is 5.47. The molecule has 196 valence electrons. The van der Waals surface area contributed by atoms with E-state index in [1.165, 1.54) is 0 Å². The van der Waals surface area contributed by atoms with Gasteiger partial charge in [0.2, 0.25) is 0 Å². The van der Waals surface area contributed by atoms with Gasteiger partial charge in [0.15, 0.2) is 23.1 Å². The molecule has 8 rings (SSSR count). The van der Waals surface area contributed by atoms with Crippen LogP contribution in [0.25, 0.3) is 11.4 Å². The highest BCUT2D eigenvalue weighted by molar-refractivity contribution is 5.87. The second-order valence-electron chi connectivity index (χ2n) is 9.85. The molecule has 0 bridgehead atoms. The predicted molar refractivity (Wildman–Crippen MR) is 161 cm³/mol. The summed E-state index contributed by atoms with van der Waals surface area (Å²) in [5.74, 6) is 5.25. The molecule has 0 spiro atoms. The van der Waals surface area contributed by atoms with E-state index in [2.05, 4.69) is 40.1 Å². The zero-order chi connectivity index (χ0) is 27.2. The summed E-state index contributed by atoms with van der Waals surface area (Å²) >= 11 is 0. The van der Waals surface area contributed by atoms with Gasteiger partial charge in [-0.2, -0.15) is 0 Å². The van der Waals surface area contributed by atoms with Crippen LogP contribution in [0.5, 0.6) is 17.2 Å². The summed E-state index contributed by atoms with van der Waals surface area (Å²) < 4.78 is 12.6. The summed E-state index contributed by atoms with van der Waals surface area (Å²) in [6.45, 7) is 0. The number of nitrogens with zero attached hydrogens (tertiary/aromatic N) is 4. The number of aromatic nitrogens is 2. The van der Waals surface area contributed by atoms with Gasteiger partial charge in [0, 0.05) is 18.1 Å². The van der Waals surface area contributed by atoms with Crippen LogP contribution >= 0.6 is 0 Å². The minimum absolute atomic E-state index is 0.630. The molecule has 0 unspecified atom stereocenters. The van der Waals surface area contributed by atoms with Crippen molar-refractivity contribution in [1.29, 1.82) is 0 Å². The number of para-hydroxylation sites is 6. The zero-order valence-electron chi connectivity index (χ0n) is 22.0. The largest absolute Gasteiger partial charge is 0.453 e. The summed E-state index contributed by atoms with van der Waals surface area (Å²) in [5, 5.41) is 0. The minimum atomic E-state index is 0.630. The first-order chi connectivity index (χ1) is 20.3. The molecule has 0 fully saturated rings. The number of anilines is 5. The molecule has 3 aliphatic rings. The Morgan fingerprint density at radius 2 is 1.12 bits per heavy atom. The molecule has 3 heterocycles. The van der Waals surface area contributed by atoms with Crippen molar-refractivity contribution in [3.63, 3.8) is 0 Å². The maximum atomic E-state index is 6.36. The van der Waals surface area contributed by atoms with Crippen LogP contribution in [0.1, 0.15) is 6.42 Å². The lowest BCUT2D eigenvalue weighted by Gasteiger charge is -2.35. The van der Waals surface area contributed by atoms with E-state index in [-0.39, 0.29) is 0 Å². The maximum Gasteiger partial charge on any atom is 0.163 e. The van der Waals surface area contributed by atoms with Gasteiger partial charge in [0.1, 0.15) is 17.4 Å². The first kappa shape index (κ1) is 23.3. The van der Waals surface area contributed by atoms with Gasteiger partial charge in [-0.1, -0.05) is 85.0 Å². The molecule has 1 aliphatic carbocycles. The lowest BCUT2D eigenvalue weighted by atomic mass is 10.1. The lowest BCUT2D eigenvalue weighted by Crippen LogP contribution is -2.25. The Hall–Kier alpha value is -5.62. The Morgan fingerprint density at radius 3 is 1.80 bits per heavy atom. The van der Waals surface area contributed by atoms with Gasteiger partial charge in [0.25, 0.3) is 0 Å². The second kappa shape index (κ2) is 9.54. The molecule has 6 nitrogen and oxygen atoms in total. The number of rotatable bonds is 3. The van der Waals surface area contributed by atoms with Crippen molar-refractivity contribution in [3.8, 4) is 28.6 Å². The Balaban J connectivity index is 1.40. The van der Waals surface area contributed by atoms with Crippen molar-refractivity contribution in [2.24, 2.45) is 0 Å². The Morgan fingerprint density at radius 1 is 0.561 bits per heavy atom. The second-order valence-corrected chi connectivity index (χ2v) is 9.85. The number of fused-ring (bicyclic) bond motifs is 3. The highest BCUT2D eigenvalue weighted by Crippen LogP contribution is 2.51. The van der Waals surface area contributed by atoms with Crippen LogP contribution in [-0.2, 0) is 0 Å². The zero-order valence-corrected chi connectivity index (χ0v) is 22.0. The van der Waals surface area contributed by atoms with Gasteiger partial charge in [-0.15, -0.1) is 0 Å². The molecular weight excluding hydrogens is 508 g/mol. The standard InChI is InChI=1S/C35H24N4O2/c1-3-13-24(14-4-1)35-36-33(38-25-15-5-2-6-19-29(25)40-30-20-10-7-16-26(30)38)23-34(37-35)39-27-17-8-11-21-31(27)41-32-22-12-9-18-28(32)39/h1-14,16-23H,15H2. The Labute approximate surface area is 237 Å². The SMILES string of the molecule is C1=CCC2=C(C=C1)Oc1ccccc1N2c1cc(N2c3ccccc3Oc3ccccc32)nc(-c2ccccc2)n1. The normalized spacial score (nSPS) is 14.7. The van der Waals surface area contributed by atoms with Crippen LogP contribution in [0.4, 0.5) is 28.7 Å². The third-order valence-corrected chi connectivity index (χ3v) is 7.31. The smallest absolute Gasteiger partial charge is 0.163 e. The fourth-order valence-electron chi connectivity index (χ4n) is 5.47. The summed E-state index contributed by atoms with van der Waals surface area (Å²) in [6.07, 6.45) is 8.90. The molecule has 0 N–H and O–H groups in total. The topological polar surface area (TPSA) is 50.7 Å². The Bertz CT molecular complexity index is 1850. The molecule has 0 amide bonds. The van der Waals surface area contributed by atoms with Gasteiger partial charge < -0.3 is 9.47 Å². The summed E-state index contributed by atoms with van der Waals surface area (Å²) in [7, 11) is 0. The van der Waals surface area contributed by atoms with Gasteiger partial charge in [-0.3, -0.25) is 9.80 Å². The Kier molecular flexibility index (Phi) is 5.42. The predicted octanol–water partition coefficient (Wildman–Crippen LogP) is 8.98. The molecule has 5 aromatic rings. The number of hydrogen-bond acceptors (Lipinski definition) is 6. The van der Waals surface area contributed by atoms with Crippen molar-refractivity contribution in [3.05, 3.63) is 145 Å². The molecule has 0 saturated heterocycles. The molecule has 1 aromatic heterocycles. The van der Waals surface area contributed by atoms with E-state index in [1.54, 1.807) is 0 Å². The first-order valence-corrected chi connectivity index (χ1v) is 13.6. The van der Waals surface area contributed by atoms with Crippen LogP contribution in [-0.4, -0.2) is 9.97 Å². The number of hydrogen-bond donors (Lipinski definition) is 0. The van der Waals surface area contributed by atoms with Gasteiger partial charge in [-0.25, -0.2) is 9.97 Å². The number of allylic oxidation sites excluding steroid dienone is 4. The van der Waals surface area contributed by atoms with Crippen LogP contribution in [0.15, 0.2) is 145 Å². The van der Waals surface area contributed by atoms with E-state index in [1.807, 2.05) is 103 Å². The van der Waals surface area contributed by atoms with E-state index < -0.39 is 0 Å². The van der Waals surface area contributed by atoms with E-state index in [0.29, 0.717) is 12.2 Å². The van der Waals surface area contributed by atoms with Crippen LogP contribution < -0.4 is 19.3 Å². The van der Waals surface area contributed by atoms with E-state index >= 15 is 0 Å². The average molecular weight is 533 g/mol. The highest BCUT2D eigenvalue weighted by Gasteiger charge is 2.31. The summed E-state index contributed by atoms with van der Waals surface area (Å²) in [5.41, 5.74) is 4.71. The van der Waals surface area contributed by atoms with E-state index in [4.69, 9.17) is 19.4 Å². The van der Waals surface area contributed by atoms with Crippen molar-refractivity contribution in [1.82, 2.24) is 9.97 Å². The van der Waals surface area contributed by atoms with Crippen molar-refractivity contribution >= 4 is 28.7 Å². The lowest BCUT2D eigenvalue weighted by molar-refractivity contribution is 0.426. The van der Waals surface area contributed by atoms with Crippen molar-refractivity contribution in [2.75, 3.05) is 9.80 Å². The molecule has 6 heteroatoms. The third-order valence-electron chi connectivity index (χ3n) is 7.31. The summed E-state index contributed by atoms with van der Waals surface area (Å²) in [4.78, 5) is 14.7. The van der Waals surface area contributed by atoms with Crippen molar-refractivity contribution < 1.29 is 9.47 Å². The molecule has 0 saturated carbocycles. The monoisotopic (exact) mass is 532 g/mol. The van der Waals surface area contributed by atoms with Crippen molar-refractivity contribution in [2.45, 2.75) is 6.42 Å². The molecular formula is C35H24N4O2. The van der Waals surface area contributed by atoms with Crippen LogP contribution in [0.3, 0.4) is 0 Å². The molecule has 0 atom stereocenters. The van der Waals surface area contributed by atoms with Crippen LogP contribution in [0, 0.1) is 0 Å². The minimum Gasteiger partial charge on any atom is -0.453 e. The van der Waals surface area contributed by atoms with Gasteiger partial charge in [-0.05, 0) is 42.5 Å². The third kappa shape index (κ3) is 3.96. The quantitative estimate of drug-likeness (QED) is 0.227. The average Bonchev–Trinajstić information content (AvgIpc) is 3.28. The van der Waals surface area contributed by atoms with Gasteiger partial charge in [0.05, 0.1) is 22.8 Å². The number of benzene rings is 4. The maximum absolute atomic E-state index is 6.36.